The van der Waals surface area contributed by atoms with Gasteiger partial charge in [-0.05, 0) is 23.6 Å². The van der Waals surface area contributed by atoms with Crippen molar-refractivity contribution in [2.75, 3.05) is 0 Å². The highest BCUT2D eigenvalue weighted by Crippen LogP contribution is 2.36. The van der Waals surface area contributed by atoms with Gasteiger partial charge in [0.2, 0.25) is 0 Å². The molecule has 4 rings (SSSR count). The van der Waals surface area contributed by atoms with Gasteiger partial charge in [0.1, 0.15) is 42.6 Å². The van der Waals surface area contributed by atoms with Crippen LogP contribution >= 0.6 is 0 Å². The highest BCUT2D eigenvalue weighted by Gasteiger charge is 2.19. The summed E-state index contributed by atoms with van der Waals surface area (Å²) in [5, 5.41) is 0. The first kappa shape index (κ1) is 22.2. The Morgan fingerprint density at radius 3 is 1.30 bits per heavy atom. The van der Waals surface area contributed by atoms with Gasteiger partial charge in [-0.2, -0.15) is 0 Å². The van der Waals surface area contributed by atoms with E-state index in [1.54, 1.807) is 12.1 Å². The molecule has 4 nitrogen and oxygen atoms in total. The van der Waals surface area contributed by atoms with Crippen LogP contribution in [0.15, 0.2) is 103 Å². The Bertz CT molecular complexity index is 1110. The molecule has 0 fully saturated rings. The Morgan fingerprint density at radius 2 is 0.939 bits per heavy atom. The third-order valence-electron chi connectivity index (χ3n) is 5.11. The normalized spacial score (nSPS) is 10.5. The molecule has 33 heavy (non-hydrogen) atoms. The quantitative estimate of drug-likeness (QED) is 0.206. The first-order valence-electron chi connectivity index (χ1n) is 10.9. The minimum Gasteiger partial charge on any atom is -0.489 e. The number of hydrogen-bond donors (Lipinski definition) is 0. The van der Waals surface area contributed by atoms with Gasteiger partial charge in [0.05, 0.1) is 0 Å². The molecule has 0 saturated carbocycles. The predicted octanol–water partition coefficient (Wildman–Crippen LogP) is 6.63. The molecule has 0 saturated heterocycles. The second-order valence-electron chi connectivity index (χ2n) is 7.67. The Morgan fingerprint density at radius 1 is 0.576 bits per heavy atom. The molecule has 166 valence electrons. The van der Waals surface area contributed by atoms with Gasteiger partial charge < -0.3 is 14.2 Å². The minimum atomic E-state index is -0.129. The summed E-state index contributed by atoms with van der Waals surface area (Å²) in [6.07, 6.45) is 0. The Hall–Kier alpha value is -4.05. The summed E-state index contributed by atoms with van der Waals surface area (Å²) in [4.78, 5) is 12.6. The van der Waals surface area contributed by atoms with Gasteiger partial charge in [-0.15, -0.1) is 0 Å². The number of rotatable bonds is 10. The average molecular weight is 440 g/mol. The molecule has 0 spiro atoms. The van der Waals surface area contributed by atoms with E-state index in [4.69, 9.17) is 14.2 Å². The maximum Gasteiger partial charge on any atom is 0.167 e. The maximum absolute atomic E-state index is 12.6. The number of hydrogen-bond acceptors (Lipinski definition) is 4. The molecule has 0 aliphatic heterocycles. The third kappa shape index (κ3) is 6.23. The number of ketones is 1. The maximum atomic E-state index is 12.6. The van der Waals surface area contributed by atoms with Crippen LogP contribution < -0.4 is 14.2 Å². The number of benzene rings is 4. The molecule has 0 aliphatic carbocycles. The molecule has 0 bridgehead atoms. The third-order valence-corrected chi connectivity index (χ3v) is 5.11. The summed E-state index contributed by atoms with van der Waals surface area (Å²) in [7, 11) is 0. The molecule has 0 aromatic heterocycles. The molecule has 0 radical (unpaired) electrons. The Labute approximate surface area is 194 Å². The monoisotopic (exact) mass is 439 g/mol. The van der Waals surface area contributed by atoms with Crippen molar-refractivity contribution in [1.29, 1.82) is 0 Å². The van der Waals surface area contributed by atoms with Crippen molar-refractivity contribution in [3.8, 4) is 17.2 Å². The minimum absolute atomic E-state index is 0.129. The van der Waals surface area contributed by atoms with E-state index in [0.29, 0.717) is 42.6 Å². The van der Waals surface area contributed by atoms with E-state index in [0.717, 1.165) is 16.7 Å². The van der Waals surface area contributed by atoms with Gasteiger partial charge in [-0.1, -0.05) is 91.0 Å². The zero-order valence-electron chi connectivity index (χ0n) is 18.6. The zero-order chi connectivity index (χ0) is 22.9. The van der Waals surface area contributed by atoms with Gasteiger partial charge in [0.15, 0.2) is 5.78 Å². The SMILES string of the molecule is C[13C](=O)c1c(OCc2ccccc2)cc(OCc2ccccc2)cc1OCc1ccccc1. The van der Waals surface area contributed by atoms with Gasteiger partial charge in [-0.25, -0.2) is 0 Å². The van der Waals surface area contributed by atoms with Crippen molar-refractivity contribution in [3.05, 3.63) is 125 Å². The summed E-state index contributed by atoms with van der Waals surface area (Å²) in [6, 6.07) is 33.1. The Kier molecular flexibility index (Phi) is 7.39. The standard InChI is InChI=1S/C29H26O4/c1-22(30)29-27(32-20-24-13-7-3-8-14-24)17-26(31-19-23-11-5-2-6-12-23)18-28(29)33-21-25-15-9-4-10-16-25/h2-18H,19-21H2,1H3/i22+1. The highest BCUT2D eigenvalue weighted by molar-refractivity contribution is 6.00. The lowest BCUT2D eigenvalue weighted by atomic mass is 10.2. The summed E-state index contributed by atoms with van der Waals surface area (Å²) in [5.74, 6) is 1.34. The second kappa shape index (κ2) is 11.0. The van der Waals surface area contributed by atoms with Crippen LogP contribution in [-0.2, 0) is 19.8 Å². The van der Waals surface area contributed by atoms with Crippen molar-refractivity contribution >= 4 is 5.78 Å². The summed E-state index contributed by atoms with van der Waals surface area (Å²) < 4.78 is 18.2. The lowest BCUT2D eigenvalue weighted by Crippen LogP contribution is -2.07. The van der Waals surface area contributed by atoms with Crippen LogP contribution in [-0.4, -0.2) is 5.78 Å². The van der Waals surface area contributed by atoms with Crippen LogP contribution in [0.1, 0.15) is 34.0 Å². The first-order chi connectivity index (χ1) is 16.2. The van der Waals surface area contributed by atoms with E-state index in [1.165, 1.54) is 6.92 Å². The van der Waals surface area contributed by atoms with Crippen LogP contribution in [0.2, 0.25) is 0 Å². The van der Waals surface area contributed by atoms with E-state index >= 15 is 0 Å². The zero-order valence-corrected chi connectivity index (χ0v) is 18.6. The fraction of sp³-hybridized carbons (Fsp3) is 0.138. The number of carbonyl (C=O) groups is 1. The number of Topliss-reactive ketones (excluding diaryl/α,β-unsaturated/α-hetero) is 1. The van der Waals surface area contributed by atoms with Crippen LogP contribution in [0.5, 0.6) is 17.2 Å². The molecular weight excluding hydrogens is 413 g/mol. The predicted molar refractivity (Wildman–Crippen MR) is 129 cm³/mol. The smallest absolute Gasteiger partial charge is 0.167 e. The molecule has 0 heterocycles. The molecule has 0 N–H and O–H groups in total. The van der Waals surface area contributed by atoms with Crippen molar-refractivity contribution in [2.24, 2.45) is 0 Å². The Balaban J connectivity index is 1.62. The van der Waals surface area contributed by atoms with Gasteiger partial charge >= 0.3 is 0 Å². The fourth-order valence-corrected chi connectivity index (χ4v) is 3.44. The van der Waals surface area contributed by atoms with Crippen LogP contribution in [0.3, 0.4) is 0 Å². The van der Waals surface area contributed by atoms with E-state index in [-0.39, 0.29) is 5.78 Å². The topological polar surface area (TPSA) is 44.8 Å². The lowest BCUT2D eigenvalue weighted by Gasteiger charge is -2.17. The number of ether oxygens (including phenoxy) is 3. The lowest BCUT2D eigenvalue weighted by molar-refractivity contribution is 0.100. The summed E-state index contributed by atoms with van der Waals surface area (Å²) >= 11 is 0. The van der Waals surface area contributed by atoms with Gasteiger partial charge in [0.25, 0.3) is 0 Å². The van der Waals surface area contributed by atoms with Crippen LogP contribution in [0.25, 0.3) is 0 Å². The van der Waals surface area contributed by atoms with Gasteiger partial charge in [-0.3, -0.25) is 4.79 Å². The van der Waals surface area contributed by atoms with Crippen molar-refractivity contribution < 1.29 is 19.0 Å². The highest BCUT2D eigenvalue weighted by atomic mass is 16.5. The van der Waals surface area contributed by atoms with E-state index in [1.807, 2.05) is 91.0 Å². The van der Waals surface area contributed by atoms with Crippen LogP contribution in [0.4, 0.5) is 0 Å². The first-order valence-corrected chi connectivity index (χ1v) is 10.9. The molecule has 0 amide bonds. The van der Waals surface area contributed by atoms with Crippen molar-refractivity contribution in [1.82, 2.24) is 0 Å². The molecule has 0 aliphatic rings. The molecule has 0 atom stereocenters. The van der Waals surface area contributed by atoms with Crippen LogP contribution in [0, 0.1) is 0 Å². The van der Waals surface area contributed by atoms with Crippen molar-refractivity contribution in [2.45, 2.75) is 26.7 Å². The second-order valence-corrected chi connectivity index (χ2v) is 7.67. The molecule has 4 aromatic rings. The summed E-state index contributed by atoms with van der Waals surface area (Å²) in [5.41, 5.74) is 3.48. The van der Waals surface area contributed by atoms with E-state index in [2.05, 4.69) is 0 Å². The molecule has 4 aromatic carbocycles. The largest absolute Gasteiger partial charge is 0.489 e. The average Bonchev–Trinajstić information content (AvgIpc) is 2.86. The fourth-order valence-electron chi connectivity index (χ4n) is 3.44. The summed E-state index contributed by atoms with van der Waals surface area (Å²) in [6.45, 7) is 2.59. The van der Waals surface area contributed by atoms with E-state index in [9.17, 15) is 4.79 Å². The molecule has 0 unspecified atom stereocenters. The molecule has 4 heteroatoms. The molecular formula is C29H26O4. The van der Waals surface area contributed by atoms with E-state index < -0.39 is 0 Å². The van der Waals surface area contributed by atoms with Gasteiger partial charge in [0, 0.05) is 12.1 Å². The number of carbonyl (C=O) groups excluding carboxylic acids is 1. The van der Waals surface area contributed by atoms with Crippen molar-refractivity contribution in [3.63, 3.8) is 0 Å².